The normalized spacial score (nSPS) is 11.6. The molecule has 0 saturated heterocycles. The van der Waals surface area contributed by atoms with Crippen molar-refractivity contribution in [1.82, 2.24) is 0 Å². The maximum atomic E-state index is 13.0. The number of hydrogen-bond acceptors (Lipinski definition) is 9. The number of carbonyl (C=O) groups excluding carboxylic acids is 3. The van der Waals surface area contributed by atoms with E-state index in [4.69, 9.17) is 0 Å². The predicted molar refractivity (Wildman–Crippen MR) is 192 cm³/mol. The zero-order valence-electron chi connectivity index (χ0n) is 26.4. The molecule has 0 aliphatic heterocycles. The summed E-state index contributed by atoms with van der Waals surface area (Å²) in [6.07, 6.45) is 0. The molecule has 0 atom stereocenters. The molecule has 4 amide bonds. The Labute approximate surface area is 295 Å². The summed E-state index contributed by atoms with van der Waals surface area (Å²) >= 11 is 0. The maximum Gasteiger partial charge on any atom is 0.323 e. The van der Waals surface area contributed by atoms with Crippen molar-refractivity contribution in [3.05, 3.63) is 120 Å². The molecule has 0 saturated carbocycles. The Morgan fingerprint density at radius 1 is 0.462 bits per heavy atom. The summed E-state index contributed by atoms with van der Waals surface area (Å²) in [5.41, 5.74) is 1.16. The third-order valence-corrected chi connectivity index (χ3v) is 9.64. The summed E-state index contributed by atoms with van der Waals surface area (Å²) < 4.78 is 66.3. The van der Waals surface area contributed by atoms with Crippen LogP contribution in [0.2, 0.25) is 0 Å². The summed E-state index contributed by atoms with van der Waals surface area (Å²) in [6.45, 7) is 0. The van der Waals surface area contributed by atoms with E-state index in [9.17, 15) is 50.5 Å². The van der Waals surface area contributed by atoms with Crippen LogP contribution in [0.15, 0.2) is 119 Å². The molecule has 0 aliphatic carbocycles. The minimum atomic E-state index is -4.61. The van der Waals surface area contributed by atoms with Crippen LogP contribution in [0.25, 0.3) is 21.5 Å². The van der Waals surface area contributed by atoms with Crippen molar-refractivity contribution in [2.24, 2.45) is 0 Å². The maximum absolute atomic E-state index is 13.0. The molecule has 0 fully saturated rings. The minimum absolute atomic E-state index is 0.00461. The van der Waals surface area contributed by atoms with Crippen molar-refractivity contribution in [1.29, 1.82) is 0 Å². The fraction of sp³-hybridized carbons (Fsp3) is 0. The van der Waals surface area contributed by atoms with Gasteiger partial charge in [0.05, 0.1) is 11.4 Å². The number of amides is 4. The second kappa shape index (κ2) is 13.6. The molecule has 0 heterocycles. The number of carbonyl (C=O) groups is 3. The van der Waals surface area contributed by atoms with Gasteiger partial charge in [0.2, 0.25) is 0 Å². The number of anilines is 4. The number of nitrogens with one attached hydrogen (secondary N) is 4. The van der Waals surface area contributed by atoms with Crippen molar-refractivity contribution in [2.45, 2.75) is 9.79 Å². The molecule has 0 bridgehead atoms. The second-order valence-electron chi connectivity index (χ2n) is 11.2. The van der Waals surface area contributed by atoms with Gasteiger partial charge in [-0.25, -0.2) is 4.79 Å². The van der Waals surface area contributed by atoms with Crippen LogP contribution in [0.3, 0.4) is 0 Å². The van der Waals surface area contributed by atoms with E-state index in [1.807, 2.05) is 0 Å². The number of aromatic hydroxyl groups is 2. The van der Waals surface area contributed by atoms with Gasteiger partial charge in [-0.3, -0.25) is 18.7 Å². The van der Waals surface area contributed by atoms with Crippen molar-refractivity contribution >= 4 is 82.4 Å². The number of urea groups is 1. The molecule has 0 unspecified atom stereocenters. The highest BCUT2D eigenvalue weighted by Crippen LogP contribution is 2.37. The van der Waals surface area contributed by atoms with Crippen LogP contribution in [0.1, 0.15) is 20.7 Å². The molecule has 6 aromatic rings. The lowest BCUT2D eigenvalue weighted by molar-refractivity contribution is 0.101. The van der Waals surface area contributed by atoms with Gasteiger partial charge in [0, 0.05) is 44.0 Å². The first-order chi connectivity index (χ1) is 24.6. The van der Waals surface area contributed by atoms with Crippen molar-refractivity contribution in [3.63, 3.8) is 0 Å². The van der Waals surface area contributed by atoms with Gasteiger partial charge in [-0.1, -0.05) is 24.3 Å². The standard InChI is InChI=1S/C35H26N4O11S2/c40-27-5-1-3-23-29(51(45,46)47)17-15-25(31(23)27)38-33(42)19-7-11-21(12-8-19)36-35(44)37-22-13-9-20(10-14-22)34(43)39-26-16-18-30(52(48,49)50)24-4-2-6-28(41)32(24)26/h1-18,40-41H,(H,38,42)(H,39,43)(H2,36,37,44)(H,45,46,47)(H,48,49,50). The fourth-order valence-corrected chi connectivity index (χ4v) is 6.85. The van der Waals surface area contributed by atoms with Crippen LogP contribution in [-0.2, 0) is 20.2 Å². The lowest BCUT2D eigenvalue weighted by Gasteiger charge is -2.13. The van der Waals surface area contributed by atoms with Crippen LogP contribution in [0.4, 0.5) is 27.5 Å². The first kappa shape index (κ1) is 35.3. The lowest BCUT2D eigenvalue weighted by atomic mass is 10.1. The van der Waals surface area contributed by atoms with E-state index in [0.717, 1.165) is 12.1 Å². The Morgan fingerprint density at radius 2 is 0.827 bits per heavy atom. The monoisotopic (exact) mass is 742 g/mol. The largest absolute Gasteiger partial charge is 0.507 e. The number of phenols is 2. The van der Waals surface area contributed by atoms with Crippen LogP contribution in [0.5, 0.6) is 11.5 Å². The Morgan fingerprint density at radius 3 is 1.17 bits per heavy atom. The molecule has 0 spiro atoms. The third kappa shape index (κ3) is 7.32. The minimum Gasteiger partial charge on any atom is -0.507 e. The molecule has 52 heavy (non-hydrogen) atoms. The summed E-state index contributed by atoms with van der Waals surface area (Å²) in [5, 5.41) is 31.2. The number of fused-ring (bicyclic) bond motifs is 2. The highest BCUT2D eigenvalue weighted by atomic mass is 32.2. The highest BCUT2D eigenvalue weighted by Gasteiger charge is 2.21. The van der Waals surface area contributed by atoms with E-state index in [0.29, 0.717) is 11.4 Å². The SMILES string of the molecule is O=C(Nc1ccc(C(=O)Nc2ccc(S(=O)(=O)O)c3cccc(O)c23)cc1)Nc1ccc(C(=O)Nc2ccc(S(=O)(=O)O)c3cccc(O)c23)cc1. The zero-order chi connectivity index (χ0) is 37.4. The lowest BCUT2D eigenvalue weighted by Crippen LogP contribution is -2.20. The van der Waals surface area contributed by atoms with E-state index in [2.05, 4.69) is 21.3 Å². The Kier molecular flexibility index (Phi) is 9.26. The smallest absolute Gasteiger partial charge is 0.323 e. The van der Waals surface area contributed by atoms with Gasteiger partial charge in [0.1, 0.15) is 21.3 Å². The van der Waals surface area contributed by atoms with Gasteiger partial charge >= 0.3 is 6.03 Å². The van der Waals surface area contributed by atoms with Crippen molar-refractivity contribution < 1.29 is 50.5 Å². The van der Waals surface area contributed by atoms with Gasteiger partial charge in [0.25, 0.3) is 32.1 Å². The molecular formula is C35H26N4O11S2. The molecular weight excluding hydrogens is 717 g/mol. The van der Waals surface area contributed by atoms with Gasteiger partial charge in [0.15, 0.2) is 0 Å². The van der Waals surface area contributed by atoms with Gasteiger partial charge < -0.3 is 31.5 Å². The topological polar surface area (TPSA) is 249 Å². The van der Waals surface area contributed by atoms with Crippen LogP contribution in [-0.4, -0.2) is 54.0 Å². The molecule has 6 aromatic carbocycles. The van der Waals surface area contributed by atoms with Crippen molar-refractivity contribution in [3.8, 4) is 11.5 Å². The predicted octanol–water partition coefficient (Wildman–Crippen LogP) is 6.05. The zero-order valence-corrected chi connectivity index (χ0v) is 28.0. The van der Waals surface area contributed by atoms with E-state index in [1.54, 1.807) is 0 Å². The van der Waals surface area contributed by atoms with E-state index >= 15 is 0 Å². The van der Waals surface area contributed by atoms with Crippen LogP contribution in [0, 0.1) is 0 Å². The van der Waals surface area contributed by atoms with E-state index in [-0.39, 0.29) is 55.5 Å². The molecule has 17 heteroatoms. The average Bonchev–Trinajstić information content (AvgIpc) is 3.08. The van der Waals surface area contributed by atoms with Gasteiger partial charge in [-0.2, -0.15) is 16.8 Å². The third-order valence-electron chi connectivity index (χ3n) is 7.82. The molecule has 15 nitrogen and oxygen atoms in total. The summed E-state index contributed by atoms with van der Waals surface area (Å²) in [4.78, 5) is 37.8. The molecule has 0 aromatic heterocycles. The van der Waals surface area contributed by atoms with E-state index in [1.165, 1.54) is 97.1 Å². The Hall–Kier alpha value is -6.53. The first-order valence-corrected chi connectivity index (χ1v) is 17.8. The summed E-state index contributed by atoms with van der Waals surface area (Å²) in [5.74, 6) is -1.85. The first-order valence-electron chi connectivity index (χ1n) is 15.0. The summed E-state index contributed by atoms with van der Waals surface area (Å²) in [6, 6.07) is 23.7. The number of benzene rings is 6. The van der Waals surface area contributed by atoms with Gasteiger partial charge in [-0.15, -0.1) is 0 Å². The second-order valence-corrected chi connectivity index (χ2v) is 14.0. The number of rotatable bonds is 8. The Bertz CT molecular complexity index is 2460. The Balaban J connectivity index is 1.09. The fourth-order valence-electron chi connectivity index (χ4n) is 5.47. The van der Waals surface area contributed by atoms with Crippen LogP contribution >= 0.6 is 0 Å². The molecule has 0 aliphatic rings. The number of hydrogen-bond donors (Lipinski definition) is 8. The molecule has 0 radical (unpaired) electrons. The quantitative estimate of drug-likeness (QED) is 0.0834. The molecule has 264 valence electrons. The average molecular weight is 743 g/mol. The molecule has 8 N–H and O–H groups in total. The highest BCUT2D eigenvalue weighted by molar-refractivity contribution is 7.86. The van der Waals surface area contributed by atoms with E-state index < -0.39 is 47.9 Å². The van der Waals surface area contributed by atoms with Gasteiger partial charge in [-0.05, 0) is 84.9 Å². The van der Waals surface area contributed by atoms with Crippen LogP contribution < -0.4 is 21.3 Å². The molecule has 6 rings (SSSR count). The summed E-state index contributed by atoms with van der Waals surface area (Å²) in [7, 11) is -9.23. The number of phenolic OH excluding ortho intramolecular Hbond substituents is 2. The van der Waals surface area contributed by atoms with Crippen molar-refractivity contribution in [2.75, 3.05) is 21.3 Å².